The van der Waals surface area contributed by atoms with Gasteiger partial charge in [-0.3, -0.25) is 0 Å². The topological polar surface area (TPSA) is 50.4 Å². The standard InChI is InChI=1S/C12H18FN3.HI/c1-12(2,3)16-11(14)15-8-9-4-6-10(13)7-5-9;/h4-7H,8H2,1-3H3,(H3,14,15,16);1H. The normalized spacial score (nSPS) is 11.9. The zero-order chi connectivity index (χ0) is 12.2. The van der Waals surface area contributed by atoms with Crippen LogP contribution in [0, 0.1) is 5.82 Å². The number of nitrogens with two attached hydrogens (primary N) is 1. The Balaban J connectivity index is 0.00000256. The van der Waals surface area contributed by atoms with E-state index >= 15 is 0 Å². The molecule has 0 spiro atoms. The molecule has 0 atom stereocenters. The van der Waals surface area contributed by atoms with Gasteiger partial charge in [-0.1, -0.05) is 12.1 Å². The fraction of sp³-hybridized carbons (Fsp3) is 0.417. The van der Waals surface area contributed by atoms with Crippen molar-refractivity contribution in [1.82, 2.24) is 5.32 Å². The first-order valence-corrected chi connectivity index (χ1v) is 5.19. The van der Waals surface area contributed by atoms with Gasteiger partial charge in [0.25, 0.3) is 0 Å². The Morgan fingerprint density at radius 1 is 1.29 bits per heavy atom. The van der Waals surface area contributed by atoms with Gasteiger partial charge in [0, 0.05) is 5.54 Å². The molecule has 0 aliphatic rings. The minimum atomic E-state index is -0.242. The number of nitrogens with one attached hydrogen (secondary N) is 1. The minimum absolute atomic E-state index is 0. The van der Waals surface area contributed by atoms with Crippen LogP contribution in [-0.4, -0.2) is 11.5 Å². The van der Waals surface area contributed by atoms with Gasteiger partial charge in [0.15, 0.2) is 5.96 Å². The van der Waals surface area contributed by atoms with Gasteiger partial charge in [-0.15, -0.1) is 24.0 Å². The smallest absolute Gasteiger partial charge is 0.189 e. The molecule has 3 nitrogen and oxygen atoms in total. The molecule has 0 amide bonds. The van der Waals surface area contributed by atoms with Gasteiger partial charge in [0.05, 0.1) is 6.54 Å². The quantitative estimate of drug-likeness (QED) is 0.489. The first-order chi connectivity index (χ1) is 7.37. The van der Waals surface area contributed by atoms with Gasteiger partial charge < -0.3 is 11.1 Å². The van der Waals surface area contributed by atoms with E-state index in [0.717, 1.165) is 5.56 Å². The number of hydrogen-bond donors (Lipinski definition) is 2. The van der Waals surface area contributed by atoms with Crippen LogP contribution in [0.3, 0.4) is 0 Å². The fourth-order valence-corrected chi connectivity index (χ4v) is 1.19. The van der Waals surface area contributed by atoms with Crippen LogP contribution in [0.1, 0.15) is 26.3 Å². The van der Waals surface area contributed by atoms with Gasteiger partial charge in [-0.2, -0.15) is 0 Å². The van der Waals surface area contributed by atoms with E-state index in [9.17, 15) is 4.39 Å². The molecule has 0 heterocycles. The second-order valence-electron chi connectivity index (χ2n) is 4.70. The lowest BCUT2D eigenvalue weighted by atomic mass is 10.1. The third-order valence-corrected chi connectivity index (χ3v) is 1.85. The van der Waals surface area contributed by atoms with Crippen molar-refractivity contribution >= 4 is 29.9 Å². The van der Waals surface area contributed by atoms with E-state index in [0.29, 0.717) is 12.5 Å². The Morgan fingerprint density at radius 2 is 1.82 bits per heavy atom. The molecule has 96 valence electrons. The maximum absolute atomic E-state index is 12.6. The van der Waals surface area contributed by atoms with Gasteiger partial charge in [-0.05, 0) is 38.5 Å². The molecule has 0 radical (unpaired) electrons. The Bertz CT molecular complexity index is 368. The van der Waals surface area contributed by atoms with E-state index in [1.54, 1.807) is 12.1 Å². The molecule has 0 aliphatic carbocycles. The third kappa shape index (κ3) is 7.14. The molecule has 0 saturated heterocycles. The molecule has 0 aliphatic heterocycles. The monoisotopic (exact) mass is 351 g/mol. The SMILES string of the molecule is CC(C)(C)NC(N)=NCc1ccc(F)cc1.I. The summed E-state index contributed by atoms with van der Waals surface area (Å²) in [5.41, 5.74) is 6.53. The average molecular weight is 351 g/mol. The van der Waals surface area contributed by atoms with Crippen molar-refractivity contribution in [2.75, 3.05) is 0 Å². The molecule has 17 heavy (non-hydrogen) atoms. The summed E-state index contributed by atoms with van der Waals surface area (Å²) in [5.74, 6) is 0.158. The highest BCUT2D eigenvalue weighted by molar-refractivity contribution is 14.0. The number of hydrogen-bond acceptors (Lipinski definition) is 1. The van der Waals surface area contributed by atoms with Crippen molar-refractivity contribution in [2.24, 2.45) is 10.7 Å². The van der Waals surface area contributed by atoms with Crippen molar-refractivity contribution < 1.29 is 4.39 Å². The van der Waals surface area contributed by atoms with Gasteiger partial charge in [-0.25, -0.2) is 9.38 Å². The Hall–Kier alpha value is -0.850. The summed E-state index contributed by atoms with van der Waals surface area (Å²) in [5, 5.41) is 3.05. The Kier molecular flexibility index (Phi) is 6.44. The Labute approximate surface area is 119 Å². The molecule has 5 heteroatoms. The first kappa shape index (κ1) is 16.1. The zero-order valence-corrected chi connectivity index (χ0v) is 12.7. The van der Waals surface area contributed by atoms with Crippen LogP contribution in [0.4, 0.5) is 4.39 Å². The Morgan fingerprint density at radius 3 is 2.29 bits per heavy atom. The van der Waals surface area contributed by atoms with Gasteiger partial charge >= 0.3 is 0 Å². The highest BCUT2D eigenvalue weighted by Gasteiger charge is 2.09. The maximum atomic E-state index is 12.6. The van der Waals surface area contributed by atoms with Crippen molar-refractivity contribution in [1.29, 1.82) is 0 Å². The molecular weight excluding hydrogens is 332 g/mol. The second-order valence-corrected chi connectivity index (χ2v) is 4.70. The fourth-order valence-electron chi connectivity index (χ4n) is 1.19. The largest absolute Gasteiger partial charge is 0.370 e. The number of halogens is 2. The molecule has 0 bridgehead atoms. The van der Waals surface area contributed by atoms with E-state index in [2.05, 4.69) is 10.3 Å². The highest BCUT2D eigenvalue weighted by Crippen LogP contribution is 2.04. The van der Waals surface area contributed by atoms with E-state index in [-0.39, 0.29) is 35.3 Å². The van der Waals surface area contributed by atoms with Gasteiger partial charge in [0.2, 0.25) is 0 Å². The van der Waals surface area contributed by atoms with Gasteiger partial charge in [0.1, 0.15) is 5.82 Å². The molecule has 1 aromatic rings. The van der Waals surface area contributed by atoms with Crippen LogP contribution in [0.25, 0.3) is 0 Å². The number of rotatable bonds is 2. The van der Waals surface area contributed by atoms with Crippen LogP contribution in [0.15, 0.2) is 29.3 Å². The maximum Gasteiger partial charge on any atom is 0.189 e. The van der Waals surface area contributed by atoms with E-state index in [4.69, 9.17) is 5.73 Å². The van der Waals surface area contributed by atoms with E-state index < -0.39 is 0 Å². The number of nitrogens with zero attached hydrogens (tertiary/aromatic N) is 1. The molecule has 0 aromatic heterocycles. The number of aliphatic imine (C=N–C) groups is 1. The average Bonchev–Trinajstić information content (AvgIpc) is 2.14. The van der Waals surface area contributed by atoms with Crippen molar-refractivity contribution in [3.63, 3.8) is 0 Å². The van der Waals surface area contributed by atoms with Crippen LogP contribution >= 0.6 is 24.0 Å². The third-order valence-electron chi connectivity index (χ3n) is 1.85. The lowest BCUT2D eigenvalue weighted by Gasteiger charge is -2.20. The van der Waals surface area contributed by atoms with E-state index in [1.807, 2.05) is 20.8 Å². The molecule has 1 rings (SSSR count). The highest BCUT2D eigenvalue weighted by atomic mass is 127. The molecular formula is C12H19FIN3. The first-order valence-electron chi connectivity index (χ1n) is 5.19. The number of guanidine groups is 1. The summed E-state index contributed by atoms with van der Waals surface area (Å²) in [6.07, 6.45) is 0. The summed E-state index contributed by atoms with van der Waals surface area (Å²) in [6, 6.07) is 6.23. The van der Waals surface area contributed by atoms with Crippen molar-refractivity contribution in [3.05, 3.63) is 35.6 Å². The predicted octanol–water partition coefficient (Wildman–Crippen LogP) is 2.65. The lowest BCUT2D eigenvalue weighted by molar-refractivity contribution is 0.508. The summed E-state index contributed by atoms with van der Waals surface area (Å²) >= 11 is 0. The second kappa shape index (κ2) is 6.78. The molecule has 0 unspecified atom stereocenters. The van der Waals surface area contributed by atoms with Crippen LogP contribution < -0.4 is 11.1 Å². The summed E-state index contributed by atoms with van der Waals surface area (Å²) in [6.45, 7) is 6.48. The molecule has 1 aromatic carbocycles. The van der Waals surface area contributed by atoms with Crippen molar-refractivity contribution in [2.45, 2.75) is 32.9 Å². The number of benzene rings is 1. The predicted molar refractivity (Wildman–Crippen MR) is 80.0 cm³/mol. The van der Waals surface area contributed by atoms with Crippen LogP contribution in [-0.2, 0) is 6.54 Å². The summed E-state index contributed by atoms with van der Waals surface area (Å²) in [7, 11) is 0. The van der Waals surface area contributed by atoms with Crippen LogP contribution in [0.5, 0.6) is 0 Å². The summed E-state index contributed by atoms with van der Waals surface area (Å²) < 4.78 is 12.6. The van der Waals surface area contributed by atoms with Crippen molar-refractivity contribution in [3.8, 4) is 0 Å². The lowest BCUT2D eigenvalue weighted by Crippen LogP contribution is -2.44. The summed E-state index contributed by atoms with van der Waals surface area (Å²) in [4.78, 5) is 4.17. The molecule has 0 saturated carbocycles. The minimum Gasteiger partial charge on any atom is -0.370 e. The molecule has 3 N–H and O–H groups in total. The zero-order valence-electron chi connectivity index (χ0n) is 10.3. The van der Waals surface area contributed by atoms with Crippen LogP contribution in [0.2, 0.25) is 0 Å². The molecule has 0 fully saturated rings. The van der Waals surface area contributed by atoms with E-state index in [1.165, 1.54) is 12.1 Å².